The Morgan fingerprint density at radius 3 is 2.39 bits per heavy atom. The van der Waals surface area contributed by atoms with E-state index in [1.807, 2.05) is 24.3 Å². The highest BCUT2D eigenvalue weighted by Crippen LogP contribution is 2.36. The molecule has 0 radical (unpaired) electrons. The molecule has 0 saturated heterocycles. The molecule has 1 aliphatic carbocycles. The standard InChI is InChI=1S/C25H26N4O3S/c1-25(2)14-28-24(30)20-10-5-16(12-22(20)25)21-11-17(13-27-23(21)26)15-3-8-19(9-4-15)33(31,32)29-18-6-7-18/h3-5,8-13,18,29H,6-7,14H2,1-2H3,(H2,26,27)(H,28,30). The van der Waals surface area contributed by atoms with Crippen LogP contribution in [0.5, 0.6) is 0 Å². The number of hydrogen-bond acceptors (Lipinski definition) is 5. The van der Waals surface area contributed by atoms with Crippen molar-refractivity contribution in [1.82, 2.24) is 15.0 Å². The Morgan fingerprint density at radius 1 is 1.00 bits per heavy atom. The summed E-state index contributed by atoms with van der Waals surface area (Å²) in [7, 11) is -3.50. The fraction of sp³-hybridized carbons (Fsp3) is 0.280. The highest BCUT2D eigenvalue weighted by atomic mass is 32.2. The van der Waals surface area contributed by atoms with Crippen molar-refractivity contribution in [2.24, 2.45) is 0 Å². The number of benzene rings is 2. The zero-order valence-electron chi connectivity index (χ0n) is 18.6. The maximum Gasteiger partial charge on any atom is 0.251 e. The third-order valence-electron chi connectivity index (χ3n) is 6.31. The van der Waals surface area contributed by atoms with Gasteiger partial charge in [-0.1, -0.05) is 32.0 Å². The van der Waals surface area contributed by atoms with Crippen LogP contribution in [0.3, 0.4) is 0 Å². The van der Waals surface area contributed by atoms with E-state index in [9.17, 15) is 13.2 Å². The number of anilines is 1. The summed E-state index contributed by atoms with van der Waals surface area (Å²) in [5.74, 6) is 0.325. The lowest BCUT2D eigenvalue weighted by Crippen LogP contribution is -2.43. The third-order valence-corrected chi connectivity index (χ3v) is 7.85. The van der Waals surface area contributed by atoms with Crippen LogP contribution in [0.15, 0.2) is 59.6 Å². The molecule has 1 aliphatic heterocycles. The molecule has 1 aromatic heterocycles. The third kappa shape index (κ3) is 4.12. The molecule has 33 heavy (non-hydrogen) atoms. The molecule has 0 spiro atoms. The van der Waals surface area contributed by atoms with Gasteiger partial charge >= 0.3 is 0 Å². The van der Waals surface area contributed by atoms with Crippen molar-refractivity contribution in [2.75, 3.05) is 12.3 Å². The molecular formula is C25H26N4O3S. The van der Waals surface area contributed by atoms with E-state index in [4.69, 9.17) is 5.73 Å². The normalized spacial score (nSPS) is 17.3. The summed E-state index contributed by atoms with van der Waals surface area (Å²) >= 11 is 0. The van der Waals surface area contributed by atoms with Gasteiger partial charge in [-0.2, -0.15) is 0 Å². The maximum absolute atomic E-state index is 12.4. The molecular weight excluding hydrogens is 436 g/mol. The fourth-order valence-electron chi connectivity index (χ4n) is 4.14. The number of carbonyl (C=O) groups is 1. The highest BCUT2D eigenvalue weighted by molar-refractivity contribution is 7.89. The first-order valence-corrected chi connectivity index (χ1v) is 12.4. The summed E-state index contributed by atoms with van der Waals surface area (Å²) in [6, 6.07) is 14.5. The van der Waals surface area contributed by atoms with Crippen molar-refractivity contribution >= 4 is 21.7 Å². The van der Waals surface area contributed by atoms with Crippen LogP contribution in [-0.2, 0) is 15.4 Å². The molecule has 1 amide bonds. The van der Waals surface area contributed by atoms with Crippen LogP contribution < -0.4 is 15.8 Å². The van der Waals surface area contributed by atoms with Gasteiger partial charge in [-0.15, -0.1) is 0 Å². The summed E-state index contributed by atoms with van der Waals surface area (Å²) in [5.41, 5.74) is 11.0. The van der Waals surface area contributed by atoms with Crippen LogP contribution in [0.4, 0.5) is 5.82 Å². The molecule has 170 valence electrons. The average molecular weight is 463 g/mol. The molecule has 0 unspecified atom stereocenters. The lowest BCUT2D eigenvalue weighted by Gasteiger charge is -2.32. The monoisotopic (exact) mass is 462 g/mol. The van der Waals surface area contributed by atoms with E-state index in [1.165, 1.54) is 0 Å². The molecule has 3 aromatic rings. The van der Waals surface area contributed by atoms with Gasteiger partial charge in [-0.05, 0) is 59.9 Å². The summed E-state index contributed by atoms with van der Waals surface area (Å²) < 4.78 is 27.6. The minimum absolute atomic E-state index is 0.0613. The van der Waals surface area contributed by atoms with E-state index in [0.717, 1.165) is 40.7 Å². The Balaban J connectivity index is 1.50. The number of pyridine rings is 1. The Hall–Kier alpha value is -3.23. The molecule has 2 aliphatic rings. The summed E-state index contributed by atoms with van der Waals surface area (Å²) in [6.07, 6.45) is 3.46. The quantitative estimate of drug-likeness (QED) is 0.537. The molecule has 4 N–H and O–H groups in total. The van der Waals surface area contributed by atoms with Gasteiger partial charge in [0.05, 0.1) is 4.90 Å². The smallest absolute Gasteiger partial charge is 0.251 e. The number of aromatic nitrogens is 1. The number of amides is 1. The van der Waals surface area contributed by atoms with Crippen LogP contribution >= 0.6 is 0 Å². The topological polar surface area (TPSA) is 114 Å². The lowest BCUT2D eigenvalue weighted by atomic mass is 9.78. The first kappa shape index (κ1) is 21.6. The van der Waals surface area contributed by atoms with Crippen LogP contribution in [0.25, 0.3) is 22.3 Å². The largest absolute Gasteiger partial charge is 0.383 e. The van der Waals surface area contributed by atoms with Crippen molar-refractivity contribution in [3.63, 3.8) is 0 Å². The number of nitrogen functional groups attached to an aromatic ring is 1. The number of rotatable bonds is 5. The summed E-state index contributed by atoms with van der Waals surface area (Å²) in [4.78, 5) is 16.9. The zero-order chi connectivity index (χ0) is 23.4. The van der Waals surface area contributed by atoms with Crippen LogP contribution in [0.2, 0.25) is 0 Å². The Morgan fingerprint density at radius 2 is 1.70 bits per heavy atom. The van der Waals surface area contributed by atoms with Crippen molar-refractivity contribution in [3.8, 4) is 22.3 Å². The predicted octanol–water partition coefficient (Wildman–Crippen LogP) is 3.46. The molecule has 1 saturated carbocycles. The Bertz CT molecular complexity index is 1360. The fourth-order valence-corrected chi connectivity index (χ4v) is 5.45. The van der Waals surface area contributed by atoms with Gasteiger partial charge in [0.15, 0.2) is 0 Å². The van der Waals surface area contributed by atoms with Crippen molar-refractivity contribution in [3.05, 3.63) is 65.9 Å². The van der Waals surface area contributed by atoms with E-state index in [0.29, 0.717) is 17.9 Å². The van der Waals surface area contributed by atoms with E-state index < -0.39 is 10.0 Å². The van der Waals surface area contributed by atoms with Gasteiger partial charge in [0.25, 0.3) is 5.91 Å². The second kappa shape index (κ2) is 7.67. The Labute approximate surface area is 193 Å². The average Bonchev–Trinajstić information content (AvgIpc) is 3.60. The van der Waals surface area contributed by atoms with Gasteiger partial charge in [0, 0.05) is 40.9 Å². The highest BCUT2D eigenvalue weighted by Gasteiger charge is 2.32. The molecule has 0 atom stereocenters. The second-order valence-corrected chi connectivity index (χ2v) is 11.1. The van der Waals surface area contributed by atoms with Gasteiger partial charge in [0.2, 0.25) is 10.0 Å². The number of fused-ring (bicyclic) bond motifs is 1. The first-order valence-electron chi connectivity index (χ1n) is 11.0. The van der Waals surface area contributed by atoms with Gasteiger partial charge in [0.1, 0.15) is 5.82 Å². The van der Waals surface area contributed by atoms with E-state index >= 15 is 0 Å². The van der Waals surface area contributed by atoms with Crippen LogP contribution in [0.1, 0.15) is 42.6 Å². The minimum Gasteiger partial charge on any atom is -0.383 e. The molecule has 2 heterocycles. The second-order valence-electron chi connectivity index (χ2n) is 9.40. The zero-order valence-corrected chi connectivity index (χ0v) is 19.4. The Kier molecular flexibility index (Phi) is 5.02. The minimum atomic E-state index is -3.50. The predicted molar refractivity (Wildman–Crippen MR) is 128 cm³/mol. The number of nitrogens with one attached hydrogen (secondary N) is 2. The summed E-state index contributed by atoms with van der Waals surface area (Å²) in [5, 5.41) is 2.94. The van der Waals surface area contributed by atoms with Gasteiger partial charge in [-0.3, -0.25) is 4.79 Å². The van der Waals surface area contributed by atoms with E-state index in [-0.39, 0.29) is 22.3 Å². The number of carbonyl (C=O) groups excluding carboxylic acids is 1. The molecule has 7 nitrogen and oxygen atoms in total. The van der Waals surface area contributed by atoms with Crippen molar-refractivity contribution in [1.29, 1.82) is 0 Å². The van der Waals surface area contributed by atoms with E-state index in [2.05, 4.69) is 28.9 Å². The molecule has 0 bridgehead atoms. The molecule has 1 fully saturated rings. The number of hydrogen-bond donors (Lipinski definition) is 3. The molecule has 8 heteroatoms. The van der Waals surface area contributed by atoms with Crippen molar-refractivity contribution in [2.45, 2.75) is 43.0 Å². The van der Waals surface area contributed by atoms with Crippen molar-refractivity contribution < 1.29 is 13.2 Å². The molecule has 2 aromatic carbocycles. The lowest BCUT2D eigenvalue weighted by molar-refractivity contribution is 0.0930. The molecule has 5 rings (SSSR count). The summed E-state index contributed by atoms with van der Waals surface area (Å²) in [6.45, 7) is 4.77. The van der Waals surface area contributed by atoms with Crippen LogP contribution in [-0.4, -0.2) is 31.9 Å². The van der Waals surface area contributed by atoms with Gasteiger partial charge < -0.3 is 11.1 Å². The van der Waals surface area contributed by atoms with Crippen LogP contribution in [0, 0.1) is 0 Å². The SMILES string of the molecule is CC1(C)CNC(=O)c2ccc(-c3cc(-c4ccc(S(=O)(=O)NC5CC5)cc4)cnc3N)cc21. The van der Waals surface area contributed by atoms with E-state index in [1.54, 1.807) is 30.5 Å². The number of nitrogens with two attached hydrogens (primary N) is 1. The first-order chi connectivity index (χ1) is 15.6. The number of sulfonamides is 1. The van der Waals surface area contributed by atoms with Gasteiger partial charge in [-0.25, -0.2) is 18.1 Å². The number of nitrogens with zero attached hydrogens (tertiary/aromatic N) is 1. The maximum atomic E-state index is 12.4.